The van der Waals surface area contributed by atoms with Gasteiger partial charge in [0.1, 0.15) is 22.9 Å². The third-order valence-electron chi connectivity index (χ3n) is 4.05. The Morgan fingerprint density at radius 2 is 2.07 bits per heavy atom. The lowest BCUT2D eigenvalue weighted by atomic mass is 10.0. The molecule has 2 heterocycles. The molecule has 0 radical (unpaired) electrons. The summed E-state index contributed by atoms with van der Waals surface area (Å²) < 4.78 is 6.42. The van der Waals surface area contributed by atoms with Crippen molar-refractivity contribution < 1.29 is 19.2 Å². The number of thiophene rings is 1. The van der Waals surface area contributed by atoms with Crippen LogP contribution >= 0.6 is 11.3 Å². The second-order valence-electron chi connectivity index (χ2n) is 6.77. The first kappa shape index (κ1) is 21.5. The summed E-state index contributed by atoms with van der Waals surface area (Å²) in [6, 6.07) is 0. The molecule has 0 aliphatic carbocycles. The maximum Gasteiger partial charge on any atom is 0.341 e. The van der Waals surface area contributed by atoms with E-state index in [2.05, 4.69) is 10.4 Å². The third-order valence-corrected chi connectivity index (χ3v) is 4.99. The van der Waals surface area contributed by atoms with Gasteiger partial charge < -0.3 is 10.1 Å². The molecule has 0 spiro atoms. The zero-order chi connectivity index (χ0) is 21.0. The van der Waals surface area contributed by atoms with Gasteiger partial charge in [0.25, 0.3) is 0 Å². The van der Waals surface area contributed by atoms with Crippen molar-refractivity contribution in [2.24, 2.45) is 5.92 Å². The highest BCUT2D eigenvalue weighted by Gasteiger charge is 2.25. The van der Waals surface area contributed by atoms with E-state index in [-0.39, 0.29) is 24.5 Å². The van der Waals surface area contributed by atoms with Crippen molar-refractivity contribution >= 4 is 33.9 Å². The smallest absolute Gasteiger partial charge is 0.341 e. The molecule has 2 aromatic rings. The summed E-state index contributed by atoms with van der Waals surface area (Å²) in [5.41, 5.74) is 1.65. The van der Waals surface area contributed by atoms with Gasteiger partial charge in [-0.05, 0) is 44.1 Å². The SMILES string of the molecule is CCOC(=O)c1c(CC(C)C)csc1NC(=O)Cn1nc(C)c([N+](=O)[O-])c1C. The Morgan fingerprint density at radius 1 is 1.39 bits per heavy atom. The Hall–Kier alpha value is -2.75. The van der Waals surface area contributed by atoms with E-state index >= 15 is 0 Å². The molecule has 9 nitrogen and oxygen atoms in total. The lowest BCUT2D eigenvalue weighted by Gasteiger charge is -2.10. The van der Waals surface area contributed by atoms with Gasteiger partial charge in [0.2, 0.25) is 5.91 Å². The average molecular weight is 408 g/mol. The minimum absolute atomic E-state index is 0.102. The molecule has 0 aromatic carbocycles. The second-order valence-corrected chi connectivity index (χ2v) is 7.65. The Kier molecular flexibility index (Phi) is 6.90. The minimum Gasteiger partial charge on any atom is -0.462 e. The normalized spacial score (nSPS) is 10.9. The van der Waals surface area contributed by atoms with Crippen molar-refractivity contribution in [1.82, 2.24) is 9.78 Å². The zero-order valence-corrected chi connectivity index (χ0v) is 17.4. The fourth-order valence-corrected chi connectivity index (χ4v) is 3.89. The number of nitrogens with zero attached hydrogens (tertiary/aromatic N) is 3. The maximum absolute atomic E-state index is 12.5. The fraction of sp³-hybridized carbons (Fsp3) is 0.500. The van der Waals surface area contributed by atoms with Crippen LogP contribution in [0.5, 0.6) is 0 Å². The Balaban J connectivity index is 2.24. The summed E-state index contributed by atoms with van der Waals surface area (Å²) in [5.74, 6) is -0.568. The number of rotatable bonds is 8. The van der Waals surface area contributed by atoms with E-state index in [9.17, 15) is 19.7 Å². The van der Waals surface area contributed by atoms with Gasteiger partial charge >= 0.3 is 11.7 Å². The summed E-state index contributed by atoms with van der Waals surface area (Å²) in [7, 11) is 0. The van der Waals surface area contributed by atoms with E-state index in [4.69, 9.17) is 4.74 Å². The number of ether oxygens (including phenoxy) is 1. The molecule has 2 aromatic heterocycles. The van der Waals surface area contributed by atoms with Crippen molar-refractivity contribution in [1.29, 1.82) is 0 Å². The lowest BCUT2D eigenvalue weighted by Crippen LogP contribution is -2.21. The molecule has 1 amide bonds. The van der Waals surface area contributed by atoms with Crippen LogP contribution in [0.3, 0.4) is 0 Å². The molecule has 0 unspecified atom stereocenters. The van der Waals surface area contributed by atoms with Crippen LogP contribution in [0.15, 0.2) is 5.38 Å². The molecular formula is C18H24N4O5S. The van der Waals surface area contributed by atoms with E-state index in [0.717, 1.165) is 5.56 Å². The Labute approximate surface area is 166 Å². The summed E-state index contributed by atoms with van der Waals surface area (Å²) in [4.78, 5) is 35.5. The van der Waals surface area contributed by atoms with Gasteiger partial charge in [-0.1, -0.05) is 13.8 Å². The molecular weight excluding hydrogens is 384 g/mol. The van der Waals surface area contributed by atoms with E-state index in [1.54, 1.807) is 13.8 Å². The number of anilines is 1. The average Bonchev–Trinajstić information content (AvgIpc) is 3.07. The van der Waals surface area contributed by atoms with Gasteiger partial charge in [-0.3, -0.25) is 19.6 Å². The van der Waals surface area contributed by atoms with Crippen LogP contribution in [0.2, 0.25) is 0 Å². The molecule has 2 rings (SSSR count). The molecule has 0 aliphatic rings. The number of carbonyl (C=O) groups excluding carboxylic acids is 2. The number of aryl methyl sites for hydroxylation is 1. The van der Waals surface area contributed by atoms with Gasteiger partial charge in [-0.25, -0.2) is 4.79 Å². The summed E-state index contributed by atoms with van der Waals surface area (Å²) >= 11 is 1.26. The Morgan fingerprint density at radius 3 is 2.61 bits per heavy atom. The number of aromatic nitrogens is 2. The first-order valence-corrected chi connectivity index (χ1v) is 9.79. The largest absolute Gasteiger partial charge is 0.462 e. The van der Waals surface area contributed by atoms with Gasteiger partial charge in [0, 0.05) is 0 Å². The fourth-order valence-electron chi connectivity index (χ4n) is 2.91. The van der Waals surface area contributed by atoms with Crippen molar-refractivity contribution in [2.45, 2.75) is 47.6 Å². The topological polar surface area (TPSA) is 116 Å². The van der Waals surface area contributed by atoms with E-state index in [1.165, 1.54) is 22.9 Å². The number of amides is 1. The zero-order valence-electron chi connectivity index (χ0n) is 16.6. The molecule has 0 fully saturated rings. The van der Waals surface area contributed by atoms with Crippen LogP contribution in [-0.4, -0.2) is 33.2 Å². The van der Waals surface area contributed by atoms with Crippen molar-refractivity contribution in [3.05, 3.63) is 38.0 Å². The van der Waals surface area contributed by atoms with Gasteiger partial charge in [0.05, 0.1) is 17.1 Å². The number of esters is 1. The van der Waals surface area contributed by atoms with Crippen molar-refractivity contribution in [3.63, 3.8) is 0 Å². The number of hydrogen-bond acceptors (Lipinski definition) is 7. The molecule has 1 N–H and O–H groups in total. The lowest BCUT2D eigenvalue weighted by molar-refractivity contribution is -0.386. The molecule has 152 valence electrons. The van der Waals surface area contributed by atoms with Crippen molar-refractivity contribution in [3.8, 4) is 0 Å². The number of hydrogen-bond donors (Lipinski definition) is 1. The molecule has 0 bridgehead atoms. The summed E-state index contributed by atoms with van der Waals surface area (Å²) in [6.07, 6.45) is 0.685. The van der Waals surface area contributed by atoms with Crippen LogP contribution in [0.4, 0.5) is 10.7 Å². The predicted molar refractivity (Wildman–Crippen MR) is 106 cm³/mol. The first-order chi connectivity index (χ1) is 13.1. The van der Waals surface area contributed by atoms with E-state index in [1.807, 2.05) is 19.2 Å². The van der Waals surface area contributed by atoms with Crippen LogP contribution in [-0.2, 0) is 22.5 Å². The number of nitro groups is 1. The van der Waals surface area contributed by atoms with Gasteiger partial charge in [-0.2, -0.15) is 5.10 Å². The molecule has 0 aliphatic heterocycles. The minimum atomic E-state index is -0.512. The molecule has 0 saturated heterocycles. The van der Waals surface area contributed by atoms with Crippen LogP contribution in [0, 0.1) is 29.9 Å². The summed E-state index contributed by atoms with van der Waals surface area (Å²) in [5, 5.41) is 20.2. The van der Waals surface area contributed by atoms with Crippen LogP contribution < -0.4 is 5.32 Å². The van der Waals surface area contributed by atoms with Crippen molar-refractivity contribution in [2.75, 3.05) is 11.9 Å². The third kappa shape index (κ3) is 4.75. The number of carbonyl (C=O) groups is 2. The molecule has 0 atom stereocenters. The second kappa shape index (κ2) is 8.96. The molecule has 28 heavy (non-hydrogen) atoms. The van der Waals surface area contributed by atoms with Gasteiger partial charge in [-0.15, -0.1) is 11.3 Å². The number of nitrogens with one attached hydrogen (secondary N) is 1. The predicted octanol–water partition coefficient (Wildman–Crippen LogP) is 3.48. The highest BCUT2D eigenvalue weighted by molar-refractivity contribution is 7.15. The maximum atomic E-state index is 12.5. The Bertz CT molecular complexity index is 900. The van der Waals surface area contributed by atoms with Crippen LogP contribution in [0.1, 0.15) is 48.1 Å². The van der Waals surface area contributed by atoms with Gasteiger partial charge in [0.15, 0.2) is 0 Å². The van der Waals surface area contributed by atoms with Crippen LogP contribution in [0.25, 0.3) is 0 Å². The molecule has 10 heteroatoms. The highest BCUT2D eigenvalue weighted by Crippen LogP contribution is 2.31. The quantitative estimate of drug-likeness (QED) is 0.406. The first-order valence-electron chi connectivity index (χ1n) is 8.91. The monoisotopic (exact) mass is 408 g/mol. The molecule has 0 saturated carbocycles. The standard InChI is InChI=1S/C18H24N4O5S/c1-6-27-18(24)15-13(7-10(2)3)9-28-17(15)19-14(23)8-21-12(5)16(22(25)26)11(4)20-21/h9-10H,6-8H2,1-5H3,(H,19,23). The van der Waals surface area contributed by atoms with E-state index in [0.29, 0.717) is 28.6 Å². The summed E-state index contributed by atoms with van der Waals surface area (Å²) in [6.45, 7) is 8.91. The highest BCUT2D eigenvalue weighted by atomic mass is 32.1. The van der Waals surface area contributed by atoms with E-state index < -0.39 is 16.8 Å².